The van der Waals surface area contributed by atoms with Crippen LogP contribution in [0.1, 0.15) is 5.56 Å². The summed E-state index contributed by atoms with van der Waals surface area (Å²) in [4.78, 5) is 0. The Hall–Kier alpha value is -1.26. The minimum Gasteiger partial charge on any atom is -0.493 e. The van der Waals surface area contributed by atoms with E-state index in [9.17, 15) is 0 Å². The molecule has 0 bridgehead atoms. The SMILES string of the molecule is COc1ccc(CCNCCN)cc1OC. The molecular formula is C12H20N2O2. The van der Waals surface area contributed by atoms with Crippen LogP contribution in [-0.4, -0.2) is 33.9 Å². The molecule has 0 heterocycles. The van der Waals surface area contributed by atoms with Crippen molar-refractivity contribution >= 4 is 0 Å². The summed E-state index contributed by atoms with van der Waals surface area (Å²) in [5.41, 5.74) is 6.62. The fourth-order valence-electron chi connectivity index (χ4n) is 1.50. The van der Waals surface area contributed by atoms with Crippen molar-refractivity contribution < 1.29 is 9.47 Å². The second-order valence-corrected chi connectivity index (χ2v) is 3.48. The quantitative estimate of drug-likeness (QED) is 0.672. The molecule has 0 saturated carbocycles. The lowest BCUT2D eigenvalue weighted by molar-refractivity contribution is 0.354. The predicted octanol–water partition coefficient (Wildman–Crippen LogP) is 0.795. The van der Waals surface area contributed by atoms with E-state index in [1.165, 1.54) is 5.56 Å². The van der Waals surface area contributed by atoms with E-state index in [-0.39, 0.29) is 0 Å². The fraction of sp³-hybridized carbons (Fsp3) is 0.500. The van der Waals surface area contributed by atoms with E-state index >= 15 is 0 Å². The second kappa shape index (κ2) is 7.09. The van der Waals surface area contributed by atoms with Crippen LogP contribution in [0.25, 0.3) is 0 Å². The molecule has 0 aliphatic carbocycles. The van der Waals surface area contributed by atoms with E-state index < -0.39 is 0 Å². The van der Waals surface area contributed by atoms with Gasteiger partial charge in [0.05, 0.1) is 14.2 Å². The molecule has 0 amide bonds. The van der Waals surface area contributed by atoms with Crippen LogP contribution in [0.2, 0.25) is 0 Å². The summed E-state index contributed by atoms with van der Waals surface area (Å²) in [6.45, 7) is 2.45. The van der Waals surface area contributed by atoms with Crippen LogP contribution in [0.5, 0.6) is 11.5 Å². The standard InChI is InChI=1S/C12H20N2O2/c1-15-11-4-3-10(9-12(11)16-2)5-7-14-8-6-13/h3-4,9,14H,5-8,13H2,1-2H3. The van der Waals surface area contributed by atoms with Crippen LogP contribution >= 0.6 is 0 Å². The largest absolute Gasteiger partial charge is 0.493 e. The molecule has 0 unspecified atom stereocenters. The number of hydrogen-bond acceptors (Lipinski definition) is 4. The van der Waals surface area contributed by atoms with Crippen LogP contribution in [0.3, 0.4) is 0 Å². The van der Waals surface area contributed by atoms with Crippen LogP contribution in [-0.2, 0) is 6.42 Å². The Morgan fingerprint density at radius 3 is 2.50 bits per heavy atom. The smallest absolute Gasteiger partial charge is 0.160 e. The van der Waals surface area contributed by atoms with Crippen LogP contribution in [0.15, 0.2) is 18.2 Å². The molecule has 4 heteroatoms. The first-order valence-electron chi connectivity index (χ1n) is 5.43. The maximum Gasteiger partial charge on any atom is 0.160 e. The van der Waals surface area contributed by atoms with Gasteiger partial charge in [0.15, 0.2) is 11.5 Å². The molecule has 0 fully saturated rings. The highest BCUT2D eigenvalue weighted by Gasteiger charge is 2.03. The Labute approximate surface area is 96.7 Å². The zero-order chi connectivity index (χ0) is 11.8. The lowest BCUT2D eigenvalue weighted by Gasteiger charge is -2.09. The van der Waals surface area contributed by atoms with Gasteiger partial charge in [0.2, 0.25) is 0 Å². The summed E-state index contributed by atoms with van der Waals surface area (Å²) < 4.78 is 10.4. The number of hydrogen-bond donors (Lipinski definition) is 2. The highest BCUT2D eigenvalue weighted by molar-refractivity contribution is 5.42. The fourth-order valence-corrected chi connectivity index (χ4v) is 1.50. The third-order valence-electron chi connectivity index (χ3n) is 2.36. The van der Waals surface area contributed by atoms with Gasteiger partial charge < -0.3 is 20.5 Å². The van der Waals surface area contributed by atoms with Gasteiger partial charge in [0.25, 0.3) is 0 Å². The summed E-state index contributed by atoms with van der Waals surface area (Å²) in [5, 5.41) is 3.25. The molecule has 1 aromatic rings. The Balaban J connectivity index is 2.54. The summed E-state index contributed by atoms with van der Waals surface area (Å²) in [6.07, 6.45) is 0.959. The van der Waals surface area contributed by atoms with Gasteiger partial charge in [-0.05, 0) is 30.7 Å². The number of benzene rings is 1. The Bertz CT molecular complexity index is 316. The van der Waals surface area contributed by atoms with E-state index in [1.807, 2.05) is 18.2 Å². The van der Waals surface area contributed by atoms with Crippen molar-refractivity contribution in [2.75, 3.05) is 33.9 Å². The third kappa shape index (κ3) is 3.72. The molecule has 3 N–H and O–H groups in total. The second-order valence-electron chi connectivity index (χ2n) is 3.48. The molecule has 0 aromatic heterocycles. The Kier molecular flexibility index (Phi) is 5.67. The van der Waals surface area contributed by atoms with E-state index in [1.54, 1.807) is 14.2 Å². The minimum absolute atomic E-state index is 0.673. The van der Waals surface area contributed by atoms with Crippen LogP contribution < -0.4 is 20.5 Å². The van der Waals surface area contributed by atoms with Gasteiger partial charge in [-0.3, -0.25) is 0 Å². The molecule has 16 heavy (non-hydrogen) atoms. The molecule has 1 rings (SSSR count). The average molecular weight is 224 g/mol. The maximum atomic E-state index is 5.39. The first kappa shape index (κ1) is 12.8. The normalized spacial score (nSPS) is 10.2. The molecule has 0 aliphatic rings. The van der Waals surface area contributed by atoms with Crippen LogP contribution in [0, 0.1) is 0 Å². The van der Waals surface area contributed by atoms with Crippen molar-refractivity contribution in [1.82, 2.24) is 5.32 Å². The first-order chi connectivity index (χ1) is 7.81. The van der Waals surface area contributed by atoms with Crippen molar-refractivity contribution in [1.29, 1.82) is 0 Å². The van der Waals surface area contributed by atoms with Crippen molar-refractivity contribution in [3.05, 3.63) is 23.8 Å². The van der Waals surface area contributed by atoms with Crippen LogP contribution in [0.4, 0.5) is 0 Å². The number of ether oxygens (including phenoxy) is 2. The predicted molar refractivity (Wildman–Crippen MR) is 65.2 cm³/mol. The summed E-state index contributed by atoms with van der Waals surface area (Å²) in [5.74, 6) is 1.54. The molecule has 1 aromatic carbocycles. The third-order valence-corrected chi connectivity index (χ3v) is 2.36. The van der Waals surface area contributed by atoms with Crippen molar-refractivity contribution in [3.8, 4) is 11.5 Å². The first-order valence-corrected chi connectivity index (χ1v) is 5.43. The lowest BCUT2D eigenvalue weighted by Crippen LogP contribution is -2.24. The number of nitrogens with one attached hydrogen (secondary N) is 1. The zero-order valence-electron chi connectivity index (χ0n) is 9.95. The monoisotopic (exact) mass is 224 g/mol. The van der Waals surface area contributed by atoms with E-state index in [0.29, 0.717) is 6.54 Å². The Morgan fingerprint density at radius 1 is 1.12 bits per heavy atom. The van der Waals surface area contributed by atoms with Gasteiger partial charge in [0.1, 0.15) is 0 Å². The topological polar surface area (TPSA) is 56.5 Å². The van der Waals surface area contributed by atoms with Gasteiger partial charge in [0, 0.05) is 13.1 Å². The number of methoxy groups -OCH3 is 2. The maximum absolute atomic E-state index is 5.39. The average Bonchev–Trinajstić information content (AvgIpc) is 2.34. The molecule has 90 valence electrons. The minimum atomic E-state index is 0.673. The zero-order valence-corrected chi connectivity index (χ0v) is 9.95. The van der Waals surface area contributed by atoms with Crippen molar-refractivity contribution in [2.45, 2.75) is 6.42 Å². The Morgan fingerprint density at radius 2 is 1.88 bits per heavy atom. The highest BCUT2D eigenvalue weighted by Crippen LogP contribution is 2.27. The molecule has 0 atom stereocenters. The summed E-state index contributed by atoms with van der Waals surface area (Å²) in [6, 6.07) is 5.98. The van der Waals surface area contributed by atoms with Gasteiger partial charge >= 0.3 is 0 Å². The van der Waals surface area contributed by atoms with Gasteiger partial charge in [-0.2, -0.15) is 0 Å². The number of nitrogens with two attached hydrogens (primary N) is 1. The van der Waals surface area contributed by atoms with E-state index in [0.717, 1.165) is 31.0 Å². The van der Waals surface area contributed by atoms with Crippen molar-refractivity contribution in [3.63, 3.8) is 0 Å². The van der Waals surface area contributed by atoms with Gasteiger partial charge in [-0.25, -0.2) is 0 Å². The summed E-state index contributed by atoms with van der Waals surface area (Å²) in [7, 11) is 3.29. The van der Waals surface area contributed by atoms with E-state index in [2.05, 4.69) is 5.32 Å². The molecule has 0 spiro atoms. The molecule has 0 aliphatic heterocycles. The lowest BCUT2D eigenvalue weighted by atomic mass is 10.1. The molecular weight excluding hydrogens is 204 g/mol. The molecule has 0 radical (unpaired) electrons. The van der Waals surface area contributed by atoms with Crippen molar-refractivity contribution in [2.24, 2.45) is 5.73 Å². The molecule has 4 nitrogen and oxygen atoms in total. The highest BCUT2D eigenvalue weighted by atomic mass is 16.5. The van der Waals surface area contributed by atoms with Gasteiger partial charge in [-0.15, -0.1) is 0 Å². The van der Waals surface area contributed by atoms with Gasteiger partial charge in [-0.1, -0.05) is 6.07 Å². The molecule has 0 saturated heterocycles. The van der Waals surface area contributed by atoms with E-state index in [4.69, 9.17) is 15.2 Å². The summed E-state index contributed by atoms with van der Waals surface area (Å²) >= 11 is 0. The number of rotatable bonds is 7.